The molecule has 0 aliphatic carbocycles. The molecule has 0 aromatic rings. The van der Waals surface area contributed by atoms with Gasteiger partial charge in [0.2, 0.25) is 0 Å². The second-order valence-electron chi connectivity index (χ2n) is 4.02. The minimum atomic E-state index is -0.620. The summed E-state index contributed by atoms with van der Waals surface area (Å²) in [5.74, 6) is 0. The Kier molecular flexibility index (Phi) is 5.20. The Morgan fingerprint density at radius 2 is 2.21 bits per heavy atom. The van der Waals surface area contributed by atoms with Gasteiger partial charge in [-0.25, -0.2) is 9.18 Å². The Labute approximate surface area is 84.3 Å². The van der Waals surface area contributed by atoms with Crippen LogP contribution in [0.25, 0.3) is 0 Å². The number of halogens is 1. The third-order valence-corrected chi connectivity index (χ3v) is 1.36. The first-order chi connectivity index (χ1) is 6.39. The fourth-order valence-electron chi connectivity index (χ4n) is 0.836. The van der Waals surface area contributed by atoms with E-state index in [-0.39, 0.29) is 0 Å². The molecule has 0 heterocycles. The minimum Gasteiger partial charge on any atom is -0.444 e. The molecule has 1 atom stereocenters. The molecule has 1 unspecified atom stereocenters. The van der Waals surface area contributed by atoms with E-state index in [1.54, 1.807) is 26.8 Å². The van der Waals surface area contributed by atoms with E-state index in [4.69, 9.17) is 4.74 Å². The van der Waals surface area contributed by atoms with Crippen LogP contribution in [0.2, 0.25) is 0 Å². The Morgan fingerprint density at radius 3 is 2.57 bits per heavy atom. The summed E-state index contributed by atoms with van der Waals surface area (Å²) < 4.78 is 17.3. The number of alkyl halides is 1. The van der Waals surface area contributed by atoms with Gasteiger partial charge in [0.05, 0.1) is 6.04 Å². The molecule has 0 saturated carbocycles. The maximum absolute atomic E-state index is 12.3. The van der Waals surface area contributed by atoms with Crippen LogP contribution in [-0.2, 0) is 4.74 Å². The van der Waals surface area contributed by atoms with Crippen LogP contribution >= 0.6 is 0 Å². The molecule has 4 heteroatoms. The maximum atomic E-state index is 12.3. The molecule has 0 aromatic carbocycles. The topological polar surface area (TPSA) is 38.3 Å². The standard InChI is InChI=1S/C10H18FNO2/c1-5-6-8(7-11)12-9(13)14-10(2,3)4/h5,8H,1,6-7H2,2-4H3,(H,12,13). The lowest BCUT2D eigenvalue weighted by atomic mass is 10.2. The Bertz CT molecular complexity index is 199. The quantitative estimate of drug-likeness (QED) is 0.712. The van der Waals surface area contributed by atoms with Gasteiger partial charge in [-0.1, -0.05) is 6.08 Å². The van der Waals surface area contributed by atoms with E-state index in [0.29, 0.717) is 6.42 Å². The number of alkyl carbamates (subject to hydrolysis) is 1. The number of hydrogen-bond acceptors (Lipinski definition) is 2. The summed E-state index contributed by atoms with van der Waals surface area (Å²) >= 11 is 0. The molecule has 14 heavy (non-hydrogen) atoms. The van der Waals surface area contributed by atoms with Gasteiger partial charge in [-0.3, -0.25) is 0 Å². The van der Waals surface area contributed by atoms with Gasteiger partial charge in [-0.2, -0.15) is 0 Å². The first-order valence-corrected chi connectivity index (χ1v) is 4.55. The molecule has 0 fully saturated rings. The molecule has 82 valence electrons. The second kappa shape index (κ2) is 5.62. The smallest absolute Gasteiger partial charge is 0.407 e. The van der Waals surface area contributed by atoms with E-state index in [2.05, 4.69) is 11.9 Å². The maximum Gasteiger partial charge on any atom is 0.407 e. The molecule has 0 saturated heterocycles. The molecule has 0 rings (SSSR count). The molecule has 0 spiro atoms. The average molecular weight is 203 g/mol. The monoisotopic (exact) mass is 203 g/mol. The summed E-state index contributed by atoms with van der Waals surface area (Å²) in [6.45, 7) is 8.12. The molecular formula is C10H18FNO2. The van der Waals surface area contributed by atoms with E-state index < -0.39 is 24.4 Å². The first kappa shape index (κ1) is 12.9. The molecule has 0 aromatic heterocycles. The summed E-state index contributed by atoms with van der Waals surface area (Å²) in [5, 5.41) is 2.42. The third-order valence-electron chi connectivity index (χ3n) is 1.36. The van der Waals surface area contributed by atoms with Gasteiger partial charge in [0.1, 0.15) is 12.3 Å². The summed E-state index contributed by atoms with van der Waals surface area (Å²) in [4.78, 5) is 11.2. The SMILES string of the molecule is C=CCC(CF)NC(=O)OC(C)(C)C. The average Bonchev–Trinajstić information content (AvgIpc) is 2.00. The lowest BCUT2D eigenvalue weighted by Gasteiger charge is -2.21. The Balaban J connectivity index is 3.96. The molecular weight excluding hydrogens is 185 g/mol. The van der Waals surface area contributed by atoms with Crippen molar-refractivity contribution >= 4 is 6.09 Å². The molecule has 0 radical (unpaired) electrons. The van der Waals surface area contributed by atoms with E-state index in [1.165, 1.54) is 0 Å². The van der Waals surface area contributed by atoms with Crippen LogP contribution in [0.5, 0.6) is 0 Å². The van der Waals surface area contributed by atoms with Gasteiger partial charge in [-0.05, 0) is 27.2 Å². The van der Waals surface area contributed by atoms with Crippen LogP contribution in [0.1, 0.15) is 27.2 Å². The van der Waals surface area contributed by atoms with E-state index in [0.717, 1.165) is 0 Å². The van der Waals surface area contributed by atoms with Crippen LogP contribution in [0, 0.1) is 0 Å². The van der Waals surface area contributed by atoms with Crippen LogP contribution in [0.3, 0.4) is 0 Å². The van der Waals surface area contributed by atoms with Crippen LogP contribution < -0.4 is 5.32 Å². The highest BCUT2D eigenvalue weighted by Crippen LogP contribution is 2.07. The van der Waals surface area contributed by atoms with Crippen molar-refractivity contribution in [3.05, 3.63) is 12.7 Å². The van der Waals surface area contributed by atoms with Gasteiger partial charge < -0.3 is 10.1 Å². The highest BCUT2D eigenvalue weighted by molar-refractivity contribution is 5.68. The predicted octanol–water partition coefficient (Wildman–Crippen LogP) is 2.43. The van der Waals surface area contributed by atoms with Gasteiger partial charge in [0.25, 0.3) is 0 Å². The predicted molar refractivity (Wildman–Crippen MR) is 53.9 cm³/mol. The van der Waals surface area contributed by atoms with Crippen molar-refractivity contribution in [1.82, 2.24) is 5.32 Å². The number of hydrogen-bond donors (Lipinski definition) is 1. The Morgan fingerprint density at radius 1 is 1.64 bits per heavy atom. The fourth-order valence-corrected chi connectivity index (χ4v) is 0.836. The van der Waals surface area contributed by atoms with Crippen LogP contribution in [-0.4, -0.2) is 24.4 Å². The molecule has 3 nitrogen and oxygen atoms in total. The molecule has 0 aliphatic heterocycles. The molecule has 0 aliphatic rings. The van der Waals surface area contributed by atoms with Crippen LogP contribution in [0.15, 0.2) is 12.7 Å². The van der Waals surface area contributed by atoms with Crippen molar-refractivity contribution in [1.29, 1.82) is 0 Å². The highest BCUT2D eigenvalue weighted by Gasteiger charge is 2.18. The number of carbonyl (C=O) groups excluding carboxylic acids is 1. The van der Waals surface area contributed by atoms with E-state index >= 15 is 0 Å². The first-order valence-electron chi connectivity index (χ1n) is 4.55. The van der Waals surface area contributed by atoms with Crippen molar-refractivity contribution in [3.63, 3.8) is 0 Å². The number of ether oxygens (including phenoxy) is 1. The number of amides is 1. The zero-order valence-corrected chi connectivity index (χ0v) is 8.97. The van der Waals surface area contributed by atoms with Gasteiger partial charge in [-0.15, -0.1) is 6.58 Å². The third kappa shape index (κ3) is 6.46. The second-order valence-corrected chi connectivity index (χ2v) is 4.02. The minimum absolute atomic E-state index is 0.399. The summed E-state index contributed by atoms with van der Waals surface area (Å²) in [6, 6.07) is -0.539. The summed E-state index contributed by atoms with van der Waals surface area (Å²) in [5.41, 5.74) is -0.556. The van der Waals surface area contributed by atoms with Gasteiger partial charge in [0, 0.05) is 0 Å². The van der Waals surface area contributed by atoms with Gasteiger partial charge >= 0.3 is 6.09 Å². The molecule has 1 amide bonds. The summed E-state index contributed by atoms with van der Waals surface area (Å²) in [6.07, 6.45) is 1.36. The van der Waals surface area contributed by atoms with Crippen molar-refractivity contribution in [2.45, 2.75) is 38.8 Å². The Hall–Kier alpha value is -1.06. The van der Waals surface area contributed by atoms with Crippen molar-refractivity contribution in [3.8, 4) is 0 Å². The fraction of sp³-hybridized carbons (Fsp3) is 0.700. The number of nitrogens with one attached hydrogen (secondary N) is 1. The van der Waals surface area contributed by atoms with Crippen molar-refractivity contribution < 1.29 is 13.9 Å². The highest BCUT2D eigenvalue weighted by atomic mass is 19.1. The van der Waals surface area contributed by atoms with E-state index in [1.807, 2.05) is 0 Å². The largest absolute Gasteiger partial charge is 0.444 e. The van der Waals surface area contributed by atoms with Crippen molar-refractivity contribution in [2.24, 2.45) is 0 Å². The zero-order chi connectivity index (χ0) is 11.2. The number of rotatable bonds is 4. The zero-order valence-electron chi connectivity index (χ0n) is 8.97. The van der Waals surface area contributed by atoms with Crippen molar-refractivity contribution in [2.75, 3.05) is 6.67 Å². The van der Waals surface area contributed by atoms with Gasteiger partial charge in [0.15, 0.2) is 0 Å². The molecule has 0 bridgehead atoms. The summed E-state index contributed by atoms with van der Waals surface area (Å²) in [7, 11) is 0. The number of carbonyl (C=O) groups is 1. The molecule has 1 N–H and O–H groups in total. The lowest BCUT2D eigenvalue weighted by molar-refractivity contribution is 0.0497. The van der Waals surface area contributed by atoms with E-state index in [9.17, 15) is 9.18 Å². The normalized spacial score (nSPS) is 13.1. The lowest BCUT2D eigenvalue weighted by Crippen LogP contribution is -2.40. The van der Waals surface area contributed by atoms with Crippen LogP contribution in [0.4, 0.5) is 9.18 Å².